The number of halogens is 1. The lowest BCUT2D eigenvalue weighted by atomic mass is 10.0. The lowest BCUT2D eigenvalue weighted by Crippen LogP contribution is -2.40. The molecule has 0 saturated carbocycles. The summed E-state index contributed by atoms with van der Waals surface area (Å²) in [6.45, 7) is 3.14. The number of nitrogens with zero attached hydrogens (tertiary/aromatic N) is 2. The summed E-state index contributed by atoms with van der Waals surface area (Å²) in [6, 6.07) is 21.8. The molecule has 1 aliphatic carbocycles. The van der Waals surface area contributed by atoms with Crippen molar-refractivity contribution >= 4 is 50.2 Å². The van der Waals surface area contributed by atoms with Gasteiger partial charge in [-0.05, 0) is 78.4 Å². The molecule has 4 aromatic carbocycles. The molecule has 0 aliphatic heterocycles. The van der Waals surface area contributed by atoms with Gasteiger partial charge in [0.2, 0.25) is 0 Å². The Kier molecular flexibility index (Phi) is 6.75. The zero-order chi connectivity index (χ0) is 26.2. The minimum Gasteiger partial charge on any atom is -0.271 e. The number of hydrogen-bond acceptors (Lipinski definition) is 4. The molecule has 8 heteroatoms. The number of carbonyl (C=O) groups excluding carboxylic acids is 1. The van der Waals surface area contributed by atoms with E-state index in [1.165, 1.54) is 28.6 Å². The predicted molar refractivity (Wildman–Crippen MR) is 149 cm³/mol. The Balaban J connectivity index is 1.42. The third-order valence-electron chi connectivity index (χ3n) is 6.71. The van der Waals surface area contributed by atoms with Gasteiger partial charge in [-0.25, -0.2) is 13.8 Å². The van der Waals surface area contributed by atoms with Crippen molar-refractivity contribution in [3.8, 4) is 0 Å². The summed E-state index contributed by atoms with van der Waals surface area (Å²) in [6.07, 6.45) is 3.65. The van der Waals surface area contributed by atoms with E-state index in [2.05, 4.69) is 28.7 Å². The lowest BCUT2D eigenvalue weighted by Gasteiger charge is -2.25. The number of sulfonamides is 1. The standard InChI is InChI=1S/C29H26ClN3O3S/c1-19-9-15-24(16-10-19)37(35,36)33(27-8-4-7-26(30)20(27)2)18-28(34)32-31-17-23-14-13-22-12-11-21-5-3-6-25(23)29(21)22/h3-10,13-17H,11-12,18H2,1-2H3,(H,32,34)/b31-17-. The van der Waals surface area contributed by atoms with Crippen molar-refractivity contribution in [2.75, 3.05) is 10.8 Å². The first-order valence-electron chi connectivity index (χ1n) is 12.0. The van der Waals surface area contributed by atoms with Crippen molar-refractivity contribution in [1.82, 2.24) is 5.43 Å². The van der Waals surface area contributed by atoms with E-state index in [0.717, 1.165) is 33.7 Å². The molecule has 0 saturated heterocycles. The van der Waals surface area contributed by atoms with Gasteiger partial charge in [0.05, 0.1) is 16.8 Å². The summed E-state index contributed by atoms with van der Waals surface area (Å²) in [5, 5.41) is 6.90. The molecule has 1 N–H and O–H groups in total. The number of amides is 1. The maximum Gasteiger partial charge on any atom is 0.264 e. The highest BCUT2D eigenvalue weighted by Crippen LogP contribution is 2.33. The summed E-state index contributed by atoms with van der Waals surface area (Å²) in [5.41, 5.74) is 7.85. The van der Waals surface area contributed by atoms with Crippen molar-refractivity contribution in [3.63, 3.8) is 0 Å². The number of benzene rings is 4. The fourth-order valence-corrected chi connectivity index (χ4v) is 6.37. The smallest absolute Gasteiger partial charge is 0.264 e. The summed E-state index contributed by atoms with van der Waals surface area (Å²) in [7, 11) is -4.05. The Bertz CT molecular complexity index is 1640. The normalized spacial score (nSPS) is 12.8. The van der Waals surface area contributed by atoms with Crippen LogP contribution in [0.2, 0.25) is 5.02 Å². The third-order valence-corrected chi connectivity index (χ3v) is 8.89. The molecule has 37 heavy (non-hydrogen) atoms. The third kappa shape index (κ3) is 4.84. The highest BCUT2D eigenvalue weighted by Gasteiger charge is 2.28. The summed E-state index contributed by atoms with van der Waals surface area (Å²) >= 11 is 6.29. The van der Waals surface area contributed by atoms with Crippen LogP contribution >= 0.6 is 11.6 Å². The highest BCUT2D eigenvalue weighted by atomic mass is 35.5. The minimum absolute atomic E-state index is 0.0849. The number of hydrogen-bond donors (Lipinski definition) is 1. The second-order valence-corrected chi connectivity index (χ2v) is 11.4. The molecular formula is C29H26ClN3O3S. The van der Waals surface area contributed by atoms with Crippen molar-refractivity contribution in [2.24, 2.45) is 5.10 Å². The molecular weight excluding hydrogens is 506 g/mol. The van der Waals surface area contributed by atoms with Gasteiger partial charge in [0.15, 0.2) is 0 Å². The van der Waals surface area contributed by atoms with Gasteiger partial charge in [-0.15, -0.1) is 0 Å². The van der Waals surface area contributed by atoms with Crippen molar-refractivity contribution < 1.29 is 13.2 Å². The first kappa shape index (κ1) is 25.0. The molecule has 5 rings (SSSR count). The first-order valence-corrected chi connectivity index (χ1v) is 13.8. The van der Waals surface area contributed by atoms with E-state index < -0.39 is 22.5 Å². The van der Waals surface area contributed by atoms with Crippen LogP contribution in [0.3, 0.4) is 0 Å². The molecule has 0 heterocycles. The summed E-state index contributed by atoms with van der Waals surface area (Å²) < 4.78 is 28.3. The molecule has 6 nitrogen and oxygen atoms in total. The Morgan fingerprint density at radius 2 is 1.68 bits per heavy atom. The maximum absolute atomic E-state index is 13.6. The highest BCUT2D eigenvalue weighted by molar-refractivity contribution is 7.92. The number of rotatable bonds is 7. The second kappa shape index (κ2) is 10.00. The van der Waals surface area contributed by atoms with Gasteiger partial charge in [0, 0.05) is 10.6 Å². The van der Waals surface area contributed by atoms with Crippen LogP contribution < -0.4 is 9.73 Å². The van der Waals surface area contributed by atoms with Crippen LogP contribution in [-0.2, 0) is 27.7 Å². The van der Waals surface area contributed by atoms with Crippen molar-refractivity contribution in [2.45, 2.75) is 31.6 Å². The van der Waals surface area contributed by atoms with Crippen LogP contribution in [-0.4, -0.2) is 27.1 Å². The maximum atomic E-state index is 13.6. The molecule has 1 aliphatic rings. The minimum atomic E-state index is -4.05. The van der Waals surface area contributed by atoms with E-state index in [1.54, 1.807) is 43.5 Å². The van der Waals surface area contributed by atoms with Crippen LogP contribution in [0, 0.1) is 13.8 Å². The molecule has 0 aromatic heterocycles. The Hall–Kier alpha value is -3.68. The van der Waals surface area contributed by atoms with Crippen LogP contribution in [0.5, 0.6) is 0 Å². The van der Waals surface area contributed by atoms with Crippen molar-refractivity contribution in [1.29, 1.82) is 0 Å². The molecule has 0 atom stereocenters. The Morgan fingerprint density at radius 1 is 0.973 bits per heavy atom. The number of hydrazone groups is 1. The largest absolute Gasteiger partial charge is 0.271 e. The van der Waals surface area contributed by atoms with Gasteiger partial charge >= 0.3 is 0 Å². The zero-order valence-corrected chi connectivity index (χ0v) is 22.1. The summed E-state index contributed by atoms with van der Waals surface area (Å²) in [5.74, 6) is -0.572. The van der Waals surface area contributed by atoms with E-state index in [-0.39, 0.29) is 4.90 Å². The van der Waals surface area contributed by atoms with E-state index in [9.17, 15) is 13.2 Å². The van der Waals surface area contributed by atoms with Gasteiger partial charge in [-0.2, -0.15) is 5.10 Å². The number of aryl methyl sites for hydroxylation is 3. The van der Waals surface area contributed by atoms with Gasteiger partial charge in [-0.3, -0.25) is 9.10 Å². The van der Waals surface area contributed by atoms with Crippen LogP contribution in [0.1, 0.15) is 27.8 Å². The van der Waals surface area contributed by atoms with Gasteiger partial charge in [-0.1, -0.05) is 65.7 Å². The zero-order valence-electron chi connectivity index (χ0n) is 20.5. The SMILES string of the molecule is Cc1ccc(S(=O)(=O)N(CC(=O)N/N=C\c2ccc3c4c(cccc24)CC3)c2cccc(Cl)c2C)cc1. The first-order chi connectivity index (χ1) is 17.8. The van der Waals surface area contributed by atoms with Gasteiger partial charge in [0.25, 0.3) is 15.9 Å². The molecule has 0 radical (unpaired) electrons. The molecule has 1 amide bonds. The Labute approximate surface area is 221 Å². The van der Waals surface area contributed by atoms with E-state index >= 15 is 0 Å². The lowest BCUT2D eigenvalue weighted by molar-refractivity contribution is -0.119. The van der Waals surface area contributed by atoms with Gasteiger partial charge in [0.1, 0.15) is 6.54 Å². The van der Waals surface area contributed by atoms with Crippen LogP contribution in [0.25, 0.3) is 10.8 Å². The number of nitrogens with one attached hydrogen (secondary N) is 1. The van der Waals surface area contributed by atoms with E-state index in [4.69, 9.17) is 11.6 Å². The molecule has 188 valence electrons. The van der Waals surface area contributed by atoms with Crippen molar-refractivity contribution in [3.05, 3.63) is 106 Å². The molecule has 4 aromatic rings. The quantitative estimate of drug-likeness (QED) is 0.251. The monoisotopic (exact) mass is 531 g/mol. The Morgan fingerprint density at radius 3 is 2.43 bits per heavy atom. The summed E-state index contributed by atoms with van der Waals surface area (Å²) in [4.78, 5) is 13.0. The average molecular weight is 532 g/mol. The van der Waals surface area contributed by atoms with Gasteiger partial charge < -0.3 is 0 Å². The average Bonchev–Trinajstić information content (AvgIpc) is 3.31. The molecule has 0 unspecified atom stereocenters. The second-order valence-electron chi connectivity index (χ2n) is 9.16. The molecule has 0 fully saturated rings. The molecule has 0 bridgehead atoms. The number of carbonyl (C=O) groups is 1. The van der Waals surface area contributed by atoms with Crippen LogP contribution in [0.15, 0.2) is 82.8 Å². The fourth-order valence-electron chi connectivity index (χ4n) is 4.72. The van der Waals surface area contributed by atoms with E-state index in [1.807, 2.05) is 19.1 Å². The number of anilines is 1. The predicted octanol–water partition coefficient (Wildman–Crippen LogP) is 5.55. The van der Waals surface area contributed by atoms with Crippen LogP contribution in [0.4, 0.5) is 5.69 Å². The van der Waals surface area contributed by atoms with E-state index in [0.29, 0.717) is 16.3 Å². The molecule has 0 spiro atoms. The topological polar surface area (TPSA) is 78.8 Å². The fraction of sp³-hybridized carbons (Fsp3) is 0.172.